The number of likely N-dealkylation sites (tertiary alicyclic amines) is 1. The standard InChI is InChI=1S/C11H17F2NO4/c1-9(2,3)18-7(15)10(4)5-11(12,13)6-14(10)8(16)17/h5-6H2,1-4H3,(H,16,17). The van der Waals surface area contributed by atoms with E-state index < -0.39 is 42.1 Å². The van der Waals surface area contributed by atoms with Crippen molar-refractivity contribution in [2.75, 3.05) is 6.54 Å². The summed E-state index contributed by atoms with van der Waals surface area (Å²) in [4.78, 5) is 23.3. The van der Waals surface area contributed by atoms with Crippen LogP contribution in [0.25, 0.3) is 0 Å². The molecule has 0 bridgehead atoms. The van der Waals surface area contributed by atoms with E-state index in [4.69, 9.17) is 9.84 Å². The second-order valence-corrected chi connectivity index (χ2v) is 5.68. The number of hydrogen-bond acceptors (Lipinski definition) is 3. The van der Waals surface area contributed by atoms with E-state index in [0.29, 0.717) is 4.90 Å². The zero-order valence-electron chi connectivity index (χ0n) is 10.8. The van der Waals surface area contributed by atoms with Crippen LogP contribution in [0.5, 0.6) is 0 Å². The van der Waals surface area contributed by atoms with Crippen LogP contribution in [-0.2, 0) is 9.53 Å². The molecule has 1 rings (SSSR count). The number of amides is 1. The Morgan fingerprint density at radius 2 is 1.83 bits per heavy atom. The fraction of sp³-hybridized carbons (Fsp3) is 0.818. The van der Waals surface area contributed by atoms with Gasteiger partial charge in [0.15, 0.2) is 0 Å². The third kappa shape index (κ3) is 2.88. The second-order valence-electron chi connectivity index (χ2n) is 5.68. The molecule has 1 atom stereocenters. The van der Waals surface area contributed by atoms with Gasteiger partial charge in [-0.1, -0.05) is 0 Å². The third-order valence-electron chi connectivity index (χ3n) is 2.66. The monoisotopic (exact) mass is 265 g/mol. The van der Waals surface area contributed by atoms with Gasteiger partial charge in [0, 0.05) is 6.42 Å². The van der Waals surface area contributed by atoms with Crippen molar-refractivity contribution in [3.63, 3.8) is 0 Å². The molecule has 0 aliphatic carbocycles. The summed E-state index contributed by atoms with van der Waals surface area (Å²) >= 11 is 0. The molecule has 0 spiro atoms. The van der Waals surface area contributed by atoms with Crippen molar-refractivity contribution in [3.8, 4) is 0 Å². The van der Waals surface area contributed by atoms with Crippen LogP contribution in [0.2, 0.25) is 0 Å². The Hall–Kier alpha value is -1.40. The Balaban J connectivity index is 3.02. The minimum absolute atomic E-state index is 0.446. The van der Waals surface area contributed by atoms with Crippen LogP contribution in [0, 0.1) is 0 Å². The Kier molecular flexibility index (Phi) is 3.31. The summed E-state index contributed by atoms with van der Waals surface area (Å²) in [7, 11) is 0. The van der Waals surface area contributed by atoms with Crippen molar-refractivity contribution < 1.29 is 28.2 Å². The average Bonchev–Trinajstić information content (AvgIpc) is 2.34. The van der Waals surface area contributed by atoms with E-state index in [1.54, 1.807) is 20.8 Å². The van der Waals surface area contributed by atoms with Crippen LogP contribution in [-0.4, -0.2) is 45.7 Å². The summed E-state index contributed by atoms with van der Waals surface area (Å²) in [5.41, 5.74) is -2.70. The first kappa shape index (κ1) is 14.7. The van der Waals surface area contributed by atoms with Crippen LogP contribution >= 0.6 is 0 Å². The summed E-state index contributed by atoms with van der Waals surface area (Å²) < 4.78 is 31.7. The Labute approximate surface area is 104 Å². The number of nitrogens with zero attached hydrogens (tertiary/aromatic N) is 1. The first-order valence-corrected chi connectivity index (χ1v) is 5.49. The minimum atomic E-state index is -3.22. The lowest BCUT2D eigenvalue weighted by Gasteiger charge is -2.32. The van der Waals surface area contributed by atoms with Crippen molar-refractivity contribution >= 4 is 12.1 Å². The van der Waals surface area contributed by atoms with Gasteiger partial charge in [0.2, 0.25) is 0 Å². The second kappa shape index (κ2) is 4.07. The number of rotatable bonds is 1. The molecule has 1 saturated heterocycles. The number of ether oxygens (including phenoxy) is 1. The molecule has 0 aromatic rings. The molecule has 1 aliphatic rings. The van der Waals surface area contributed by atoms with Crippen molar-refractivity contribution in [2.24, 2.45) is 0 Å². The summed E-state index contributed by atoms with van der Waals surface area (Å²) in [6.45, 7) is 4.94. The quantitative estimate of drug-likeness (QED) is 0.737. The van der Waals surface area contributed by atoms with E-state index in [0.717, 1.165) is 6.92 Å². The minimum Gasteiger partial charge on any atom is -0.465 e. The topological polar surface area (TPSA) is 66.8 Å². The van der Waals surface area contributed by atoms with Gasteiger partial charge in [-0.3, -0.25) is 4.90 Å². The van der Waals surface area contributed by atoms with Crippen molar-refractivity contribution in [3.05, 3.63) is 0 Å². The van der Waals surface area contributed by atoms with E-state index in [2.05, 4.69) is 0 Å². The molecule has 18 heavy (non-hydrogen) atoms. The average molecular weight is 265 g/mol. The molecule has 0 saturated carbocycles. The molecule has 1 aliphatic heterocycles. The number of halogens is 2. The van der Waals surface area contributed by atoms with Crippen LogP contribution < -0.4 is 0 Å². The zero-order chi connectivity index (χ0) is 14.4. The van der Waals surface area contributed by atoms with E-state index in [1.165, 1.54) is 0 Å². The molecule has 1 amide bonds. The van der Waals surface area contributed by atoms with Crippen molar-refractivity contribution in [1.82, 2.24) is 4.90 Å². The maximum absolute atomic E-state index is 13.3. The zero-order valence-corrected chi connectivity index (χ0v) is 10.8. The van der Waals surface area contributed by atoms with E-state index in [1.807, 2.05) is 0 Å². The lowest BCUT2D eigenvalue weighted by molar-refractivity contribution is -0.166. The SMILES string of the molecule is CC(C)(C)OC(=O)C1(C)CC(F)(F)CN1C(=O)O. The molecule has 0 aromatic heterocycles. The van der Waals surface area contributed by atoms with Crippen LogP contribution in [0.15, 0.2) is 0 Å². The highest BCUT2D eigenvalue weighted by Crippen LogP contribution is 2.40. The van der Waals surface area contributed by atoms with Gasteiger partial charge >= 0.3 is 12.1 Å². The first-order valence-electron chi connectivity index (χ1n) is 5.49. The lowest BCUT2D eigenvalue weighted by Crippen LogP contribution is -2.52. The predicted octanol–water partition coefficient (Wildman–Crippen LogP) is 2.11. The normalized spacial score (nSPS) is 27.1. The van der Waals surface area contributed by atoms with Crippen LogP contribution in [0.1, 0.15) is 34.1 Å². The van der Waals surface area contributed by atoms with Gasteiger partial charge in [-0.05, 0) is 27.7 Å². The van der Waals surface area contributed by atoms with Gasteiger partial charge in [0.05, 0.1) is 6.54 Å². The molecule has 1 fully saturated rings. The molecule has 0 aromatic carbocycles. The molecular weight excluding hydrogens is 248 g/mol. The van der Waals surface area contributed by atoms with Gasteiger partial charge < -0.3 is 9.84 Å². The molecular formula is C11H17F2NO4. The smallest absolute Gasteiger partial charge is 0.408 e. The van der Waals surface area contributed by atoms with Gasteiger partial charge in [-0.15, -0.1) is 0 Å². The summed E-state index contributed by atoms with van der Waals surface area (Å²) in [6, 6.07) is 0. The van der Waals surface area contributed by atoms with E-state index in [-0.39, 0.29) is 0 Å². The molecule has 0 radical (unpaired) electrons. The molecule has 7 heteroatoms. The van der Waals surface area contributed by atoms with Gasteiger partial charge in [0.1, 0.15) is 11.1 Å². The Bertz CT molecular complexity index is 378. The molecule has 5 nitrogen and oxygen atoms in total. The Morgan fingerprint density at radius 3 is 2.22 bits per heavy atom. The first-order chi connectivity index (χ1) is 7.87. The van der Waals surface area contributed by atoms with Gasteiger partial charge in [0.25, 0.3) is 5.92 Å². The Morgan fingerprint density at radius 1 is 1.33 bits per heavy atom. The van der Waals surface area contributed by atoms with Crippen molar-refractivity contribution in [2.45, 2.75) is 51.2 Å². The maximum atomic E-state index is 13.3. The predicted molar refractivity (Wildman–Crippen MR) is 58.5 cm³/mol. The fourth-order valence-electron chi connectivity index (χ4n) is 1.91. The largest absolute Gasteiger partial charge is 0.465 e. The lowest BCUT2D eigenvalue weighted by atomic mass is 9.97. The summed E-state index contributed by atoms with van der Waals surface area (Å²) in [5, 5.41) is 8.91. The highest BCUT2D eigenvalue weighted by molar-refractivity contribution is 5.86. The number of esters is 1. The number of hydrogen-bond donors (Lipinski definition) is 1. The number of carbonyl (C=O) groups is 2. The maximum Gasteiger partial charge on any atom is 0.408 e. The van der Waals surface area contributed by atoms with Crippen molar-refractivity contribution in [1.29, 1.82) is 0 Å². The highest BCUT2D eigenvalue weighted by atomic mass is 19.3. The van der Waals surface area contributed by atoms with E-state index >= 15 is 0 Å². The van der Waals surface area contributed by atoms with Gasteiger partial charge in [-0.25, -0.2) is 18.4 Å². The van der Waals surface area contributed by atoms with E-state index in [9.17, 15) is 18.4 Å². The summed E-state index contributed by atoms with van der Waals surface area (Å²) in [5.74, 6) is -4.17. The van der Waals surface area contributed by atoms with Gasteiger partial charge in [-0.2, -0.15) is 0 Å². The third-order valence-corrected chi connectivity index (χ3v) is 2.66. The summed E-state index contributed by atoms with van der Waals surface area (Å²) in [6.07, 6.45) is -2.41. The number of alkyl halides is 2. The molecule has 104 valence electrons. The fourth-order valence-corrected chi connectivity index (χ4v) is 1.91. The number of carbonyl (C=O) groups excluding carboxylic acids is 1. The molecule has 1 unspecified atom stereocenters. The highest BCUT2D eigenvalue weighted by Gasteiger charge is 2.59. The molecule has 1 heterocycles. The van der Waals surface area contributed by atoms with Crippen LogP contribution in [0.4, 0.5) is 13.6 Å². The van der Waals surface area contributed by atoms with Crippen LogP contribution in [0.3, 0.4) is 0 Å². The number of carboxylic acid groups (broad SMARTS) is 1. The molecule has 1 N–H and O–H groups in total.